The largest absolute Gasteiger partial charge is 0.492 e. The van der Waals surface area contributed by atoms with Gasteiger partial charge in [0.2, 0.25) is 0 Å². The summed E-state index contributed by atoms with van der Waals surface area (Å²) in [5.74, 6) is 0.780. The Labute approximate surface area is 88.3 Å². The molecule has 14 heavy (non-hydrogen) atoms. The van der Waals surface area contributed by atoms with Crippen molar-refractivity contribution in [1.29, 1.82) is 0 Å². The van der Waals surface area contributed by atoms with Crippen molar-refractivity contribution >= 4 is 23.4 Å². The molecule has 0 spiro atoms. The highest BCUT2D eigenvalue weighted by Gasteiger charge is 2.18. The van der Waals surface area contributed by atoms with Gasteiger partial charge < -0.3 is 10.5 Å². The molecular formula is C11H12ClNO. The second-order valence-electron chi connectivity index (χ2n) is 3.33. The molecule has 0 aliphatic carbocycles. The maximum Gasteiger partial charge on any atom is 0.141 e. The van der Waals surface area contributed by atoms with E-state index in [1.165, 1.54) is 0 Å². The zero-order valence-electron chi connectivity index (χ0n) is 7.85. The van der Waals surface area contributed by atoms with Crippen LogP contribution in [0.1, 0.15) is 17.5 Å². The zero-order valence-corrected chi connectivity index (χ0v) is 8.60. The summed E-state index contributed by atoms with van der Waals surface area (Å²) in [5.41, 5.74) is 8.58. The van der Waals surface area contributed by atoms with Crippen LogP contribution in [-0.2, 0) is 6.42 Å². The van der Waals surface area contributed by atoms with E-state index in [-0.39, 0.29) is 0 Å². The Morgan fingerprint density at radius 1 is 1.57 bits per heavy atom. The third-order valence-electron chi connectivity index (χ3n) is 2.43. The van der Waals surface area contributed by atoms with Gasteiger partial charge >= 0.3 is 0 Å². The van der Waals surface area contributed by atoms with Crippen LogP contribution in [0, 0.1) is 0 Å². The Hall–Kier alpha value is -1.15. The van der Waals surface area contributed by atoms with Gasteiger partial charge in [-0.15, -0.1) is 0 Å². The first-order valence-corrected chi connectivity index (χ1v) is 4.98. The highest BCUT2D eigenvalue weighted by molar-refractivity contribution is 6.32. The van der Waals surface area contributed by atoms with Crippen LogP contribution in [0.4, 0.5) is 5.69 Å². The molecule has 0 amide bonds. The van der Waals surface area contributed by atoms with Gasteiger partial charge in [-0.3, -0.25) is 0 Å². The summed E-state index contributed by atoms with van der Waals surface area (Å²) in [7, 11) is 0. The van der Waals surface area contributed by atoms with Crippen LogP contribution in [0.3, 0.4) is 0 Å². The topological polar surface area (TPSA) is 35.2 Å². The molecule has 1 aromatic carbocycles. The van der Waals surface area contributed by atoms with Crippen molar-refractivity contribution in [3.8, 4) is 5.75 Å². The van der Waals surface area contributed by atoms with E-state index in [4.69, 9.17) is 22.1 Å². The van der Waals surface area contributed by atoms with E-state index in [9.17, 15) is 0 Å². The summed E-state index contributed by atoms with van der Waals surface area (Å²) in [5, 5.41) is 0.600. The second kappa shape index (κ2) is 3.54. The quantitative estimate of drug-likeness (QED) is 0.722. The minimum atomic E-state index is 0.600. The van der Waals surface area contributed by atoms with Gasteiger partial charge in [0.05, 0.1) is 11.6 Å². The van der Waals surface area contributed by atoms with Gasteiger partial charge in [-0.1, -0.05) is 24.3 Å². The molecule has 1 aromatic rings. The number of hydrogen-bond donors (Lipinski definition) is 1. The number of ether oxygens (including phenoxy) is 1. The van der Waals surface area contributed by atoms with Crippen LogP contribution in [0.2, 0.25) is 5.02 Å². The fourth-order valence-corrected chi connectivity index (χ4v) is 2.08. The lowest BCUT2D eigenvalue weighted by atomic mass is 9.98. The maximum absolute atomic E-state index is 6.04. The molecule has 2 N–H and O–H groups in total. The second-order valence-corrected chi connectivity index (χ2v) is 3.73. The predicted octanol–water partition coefficient (Wildman–Crippen LogP) is 2.89. The molecule has 74 valence electrons. The first-order chi connectivity index (χ1) is 6.74. The molecule has 1 heterocycles. The van der Waals surface area contributed by atoms with Crippen molar-refractivity contribution in [3.63, 3.8) is 0 Å². The molecule has 0 saturated carbocycles. The number of halogens is 1. The van der Waals surface area contributed by atoms with Crippen LogP contribution in [-0.4, -0.2) is 6.61 Å². The van der Waals surface area contributed by atoms with Gasteiger partial charge in [0.25, 0.3) is 0 Å². The molecule has 0 atom stereocenters. The number of nitrogen functional groups attached to an aromatic ring is 1. The molecule has 0 fully saturated rings. The van der Waals surface area contributed by atoms with Gasteiger partial charge in [0.1, 0.15) is 5.75 Å². The number of benzene rings is 1. The zero-order chi connectivity index (χ0) is 10.1. The molecule has 0 bridgehead atoms. The molecule has 0 saturated heterocycles. The van der Waals surface area contributed by atoms with Crippen LogP contribution in [0.25, 0.3) is 6.08 Å². The van der Waals surface area contributed by atoms with Gasteiger partial charge in [-0.2, -0.15) is 0 Å². The average Bonchev–Trinajstić information content (AvgIpc) is 2.18. The van der Waals surface area contributed by atoms with Crippen molar-refractivity contribution in [2.24, 2.45) is 0 Å². The van der Waals surface area contributed by atoms with E-state index < -0.39 is 0 Å². The van der Waals surface area contributed by atoms with Gasteiger partial charge in [0.15, 0.2) is 0 Å². The standard InChI is InChI=1S/C11H12ClNO/c1-2-7-8-4-3-5-14-11(8)9(12)6-10(7)13/h2,6H,1,3-5,13H2. The van der Waals surface area contributed by atoms with E-state index in [1.54, 1.807) is 12.1 Å². The first kappa shape index (κ1) is 9.41. The van der Waals surface area contributed by atoms with Crippen LogP contribution >= 0.6 is 11.6 Å². The van der Waals surface area contributed by atoms with E-state index >= 15 is 0 Å². The highest BCUT2D eigenvalue weighted by atomic mass is 35.5. The Morgan fingerprint density at radius 2 is 2.36 bits per heavy atom. The lowest BCUT2D eigenvalue weighted by Crippen LogP contribution is -2.11. The van der Waals surface area contributed by atoms with Crippen LogP contribution in [0.5, 0.6) is 5.75 Å². The highest BCUT2D eigenvalue weighted by Crippen LogP contribution is 2.38. The summed E-state index contributed by atoms with van der Waals surface area (Å²) in [4.78, 5) is 0. The van der Waals surface area contributed by atoms with Crippen molar-refractivity contribution < 1.29 is 4.74 Å². The lowest BCUT2D eigenvalue weighted by molar-refractivity contribution is 0.288. The Morgan fingerprint density at radius 3 is 3.07 bits per heavy atom. The molecular weight excluding hydrogens is 198 g/mol. The van der Waals surface area contributed by atoms with Crippen molar-refractivity contribution in [3.05, 3.63) is 28.8 Å². The normalized spacial score (nSPS) is 14.4. The summed E-state index contributed by atoms with van der Waals surface area (Å²) in [6, 6.07) is 1.72. The molecule has 0 radical (unpaired) electrons. The van der Waals surface area contributed by atoms with Crippen molar-refractivity contribution in [1.82, 2.24) is 0 Å². The summed E-state index contributed by atoms with van der Waals surface area (Å²) in [6.07, 6.45) is 3.73. The smallest absolute Gasteiger partial charge is 0.141 e. The molecule has 0 unspecified atom stereocenters. The number of rotatable bonds is 1. The Kier molecular flexibility index (Phi) is 2.38. The van der Waals surface area contributed by atoms with Crippen molar-refractivity contribution in [2.45, 2.75) is 12.8 Å². The van der Waals surface area contributed by atoms with Gasteiger partial charge in [-0.25, -0.2) is 0 Å². The monoisotopic (exact) mass is 209 g/mol. The van der Waals surface area contributed by atoms with Crippen LogP contribution < -0.4 is 10.5 Å². The van der Waals surface area contributed by atoms with Crippen molar-refractivity contribution in [2.75, 3.05) is 12.3 Å². The fraction of sp³-hybridized carbons (Fsp3) is 0.273. The summed E-state index contributed by atoms with van der Waals surface area (Å²) in [6.45, 7) is 4.48. The number of nitrogens with two attached hydrogens (primary N) is 1. The first-order valence-electron chi connectivity index (χ1n) is 4.60. The van der Waals surface area contributed by atoms with E-state index in [0.29, 0.717) is 10.7 Å². The van der Waals surface area contributed by atoms with Gasteiger partial charge in [0, 0.05) is 16.8 Å². The Balaban J connectivity index is 2.67. The molecule has 0 aromatic heterocycles. The minimum absolute atomic E-state index is 0.600. The van der Waals surface area contributed by atoms with E-state index in [0.717, 1.165) is 36.3 Å². The number of anilines is 1. The summed E-state index contributed by atoms with van der Waals surface area (Å²) >= 11 is 6.04. The SMILES string of the molecule is C=Cc1c(N)cc(Cl)c2c1CCCO2. The average molecular weight is 210 g/mol. The maximum atomic E-state index is 6.04. The third-order valence-corrected chi connectivity index (χ3v) is 2.71. The molecule has 1 aliphatic rings. The fourth-order valence-electron chi connectivity index (χ4n) is 1.79. The Bertz CT molecular complexity index is 387. The molecule has 2 rings (SSSR count). The van der Waals surface area contributed by atoms with Gasteiger partial charge in [-0.05, 0) is 18.9 Å². The minimum Gasteiger partial charge on any atom is -0.492 e. The van der Waals surface area contributed by atoms with Crippen LogP contribution in [0.15, 0.2) is 12.6 Å². The molecule has 3 heteroatoms. The molecule has 1 aliphatic heterocycles. The number of fused-ring (bicyclic) bond motifs is 1. The molecule has 2 nitrogen and oxygen atoms in total. The number of hydrogen-bond acceptors (Lipinski definition) is 2. The predicted molar refractivity (Wildman–Crippen MR) is 59.8 cm³/mol. The van der Waals surface area contributed by atoms with E-state index in [1.807, 2.05) is 0 Å². The lowest BCUT2D eigenvalue weighted by Gasteiger charge is -2.21. The summed E-state index contributed by atoms with van der Waals surface area (Å²) < 4.78 is 5.52. The van der Waals surface area contributed by atoms with E-state index in [2.05, 4.69) is 6.58 Å². The third kappa shape index (κ3) is 1.36.